The van der Waals surface area contributed by atoms with Gasteiger partial charge in [0.05, 0.1) is 16.1 Å². The van der Waals surface area contributed by atoms with Crippen molar-refractivity contribution in [1.82, 2.24) is 0 Å². The van der Waals surface area contributed by atoms with Gasteiger partial charge in [-0.05, 0) is 13.8 Å². The van der Waals surface area contributed by atoms with Crippen LogP contribution < -0.4 is 0 Å². The molecule has 0 radical (unpaired) electrons. The summed E-state index contributed by atoms with van der Waals surface area (Å²) >= 11 is 0. The minimum atomic E-state index is -1.21. The van der Waals surface area contributed by atoms with E-state index in [-0.39, 0.29) is 0 Å². The van der Waals surface area contributed by atoms with Crippen LogP contribution in [-0.4, -0.2) is 41.2 Å². The first-order valence-corrected chi connectivity index (χ1v) is 13.5. The zero-order valence-electron chi connectivity index (χ0n) is 12.8. The average Bonchev–Trinajstić information content (AvgIpc) is 2.13. The fourth-order valence-corrected chi connectivity index (χ4v) is 1.97. The SMILES string of the molecule is CC(OCOCOC(C)[Si](C)(C)C)[Si](C)(C)C. The number of rotatable bonds is 8. The highest BCUT2D eigenvalue weighted by molar-refractivity contribution is 6.77. The molecule has 0 saturated carbocycles. The van der Waals surface area contributed by atoms with E-state index in [2.05, 4.69) is 53.1 Å². The van der Waals surface area contributed by atoms with Gasteiger partial charge in [-0.3, -0.25) is 0 Å². The Morgan fingerprint density at radius 2 is 1.00 bits per heavy atom. The van der Waals surface area contributed by atoms with Crippen molar-refractivity contribution < 1.29 is 14.2 Å². The molecule has 0 rings (SSSR count). The maximum absolute atomic E-state index is 5.64. The Hall–Kier alpha value is 0.314. The van der Waals surface area contributed by atoms with Crippen LogP contribution in [0, 0.1) is 0 Å². The summed E-state index contributed by atoms with van der Waals surface area (Å²) in [5.41, 5.74) is 0.633. The fourth-order valence-electron chi connectivity index (χ4n) is 0.834. The van der Waals surface area contributed by atoms with E-state index in [1.165, 1.54) is 0 Å². The van der Waals surface area contributed by atoms with E-state index in [0.717, 1.165) is 0 Å². The van der Waals surface area contributed by atoms with Gasteiger partial charge < -0.3 is 14.2 Å². The van der Waals surface area contributed by atoms with Crippen molar-refractivity contribution in [2.75, 3.05) is 13.6 Å². The molecular weight excluding hydrogens is 248 g/mol. The van der Waals surface area contributed by atoms with Gasteiger partial charge in [-0.2, -0.15) is 0 Å². The fraction of sp³-hybridized carbons (Fsp3) is 1.00. The third-order valence-corrected chi connectivity index (χ3v) is 8.45. The highest BCUT2D eigenvalue weighted by atomic mass is 28.3. The molecule has 0 bridgehead atoms. The molecular formula is C12H30O3Si2. The zero-order valence-corrected chi connectivity index (χ0v) is 14.8. The summed E-state index contributed by atoms with van der Waals surface area (Å²) in [4.78, 5) is 0. The Balaban J connectivity index is 3.61. The molecule has 2 unspecified atom stereocenters. The molecule has 0 fully saturated rings. The first kappa shape index (κ1) is 17.3. The van der Waals surface area contributed by atoms with Gasteiger partial charge in [0, 0.05) is 11.5 Å². The smallest absolute Gasteiger partial charge is 0.149 e. The molecule has 0 spiro atoms. The standard InChI is InChI=1S/C12H30O3Si2/c1-11(16(3,4)5)14-9-13-10-15-12(2)17(6,7)8/h11-12H,9-10H2,1-8H3. The van der Waals surface area contributed by atoms with E-state index >= 15 is 0 Å². The minimum Gasteiger partial charge on any atom is -0.356 e. The quantitative estimate of drug-likeness (QED) is 0.386. The summed E-state index contributed by atoms with van der Waals surface area (Å²) in [5, 5.41) is 0. The zero-order chi connectivity index (χ0) is 13.7. The molecule has 17 heavy (non-hydrogen) atoms. The lowest BCUT2D eigenvalue weighted by Gasteiger charge is -2.26. The van der Waals surface area contributed by atoms with Gasteiger partial charge in [0.15, 0.2) is 0 Å². The minimum absolute atomic E-state index is 0.317. The summed E-state index contributed by atoms with van der Waals surface area (Å²) in [6.07, 6.45) is 0. The van der Waals surface area contributed by atoms with Gasteiger partial charge in [0.1, 0.15) is 13.6 Å². The van der Waals surface area contributed by atoms with Crippen LogP contribution in [0.25, 0.3) is 0 Å². The van der Waals surface area contributed by atoms with Crippen molar-refractivity contribution in [3.8, 4) is 0 Å². The third kappa shape index (κ3) is 8.10. The molecule has 0 heterocycles. The van der Waals surface area contributed by atoms with Crippen molar-refractivity contribution >= 4 is 16.1 Å². The highest BCUT2D eigenvalue weighted by Gasteiger charge is 2.24. The van der Waals surface area contributed by atoms with E-state index in [1.807, 2.05) is 0 Å². The predicted molar refractivity (Wildman–Crippen MR) is 78.6 cm³/mol. The van der Waals surface area contributed by atoms with Gasteiger partial charge >= 0.3 is 0 Å². The summed E-state index contributed by atoms with van der Waals surface area (Å²) < 4.78 is 16.7. The largest absolute Gasteiger partial charge is 0.356 e. The van der Waals surface area contributed by atoms with E-state index in [4.69, 9.17) is 14.2 Å². The lowest BCUT2D eigenvalue weighted by Crippen LogP contribution is -2.39. The van der Waals surface area contributed by atoms with Crippen LogP contribution in [0.15, 0.2) is 0 Å². The molecule has 0 aromatic heterocycles. The van der Waals surface area contributed by atoms with Crippen LogP contribution in [0.1, 0.15) is 13.8 Å². The molecule has 0 N–H and O–H groups in total. The van der Waals surface area contributed by atoms with Crippen molar-refractivity contribution in [1.29, 1.82) is 0 Å². The third-order valence-electron chi connectivity index (χ3n) is 3.24. The lowest BCUT2D eigenvalue weighted by atomic mass is 10.8. The molecule has 0 aliphatic heterocycles. The van der Waals surface area contributed by atoms with Crippen LogP contribution in [0.5, 0.6) is 0 Å². The molecule has 0 aliphatic rings. The van der Waals surface area contributed by atoms with Crippen molar-refractivity contribution in [2.24, 2.45) is 0 Å². The molecule has 5 heteroatoms. The Bertz CT molecular complexity index is 187. The predicted octanol–water partition coefficient (Wildman–Crippen LogP) is 3.48. The first-order chi connectivity index (χ1) is 7.55. The molecule has 0 aromatic rings. The molecule has 104 valence electrons. The van der Waals surface area contributed by atoms with E-state index in [0.29, 0.717) is 25.0 Å². The topological polar surface area (TPSA) is 27.7 Å². The number of hydrogen-bond donors (Lipinski definition) is 0. The monoisotopic (exact) mass is 278 g/mol. The second kappa shape index (κ2) is 7.04. The second-order valence-electron chi connectivity index (χ2n) is 6.79. The van der Waals surface area contributed by atoms with Crippen LogP contribution in [0.4, 0.5) is 0 Å². The van der Waals surface area contributed by atoms with Gasteiger partial charge in [0.2, 0.25) is 0 Å². The maximum Gasteiger partial charge on any atom is 0.149 e. The van der Waals surface area contributed by atoms with Crippen LogP contribution >= 0.6 is 0 Å². The molecule has 0 aliphatic carbocycles. The Labute approximate surface area is 109 Å². The van der Waals surface area contributed by atoms with Crippen molar-refractivity contribution in [3.63, 3.8) is 0 Å². The summed E-state index contributed by atoms with van der Waals surface area (Å²) in [5.74, 6) is 0. The van der Waals surface area contributed by atoms with E-state index in [1.54, 1.807) is 0 Å². The second-order valence-corrected chi connectivity index (χ2v) is 17.9. The highest BCUT2D eigenvalue weighted by Crippen LogP contribution is 2.12. The maximum atomic E-state index is 5.64. The molecule has 0 aromatic carbocycles. The average molecular weight is 279 g/mol. The molecule has 2 atom stereocenters. The summed E-state index contributed by atoms with van der Waals surface area (Å²) in [6.45, 7) is 18.7. The van der Waals surface area contributed by atoms with Gasteiger partial charge in [-0.1, -0.05) is 39.3 Å². The van der Waals surface area contributed by atoms with Crippen LogP contribution in [0.2, 0.25) is 39.3 Å². The van der Waals surface area contributed by atoms with E-state index in [9.17, 15) is 0 Å². The first-order valence-electron chi connectivity index (χ1n) is 6.36. The Kier molecular flexibility index (Phi) is 7.17. The van der Waals surface area contributed by atoms with Crippen molar-refractivity contribution in [2.45, 2.75) is 64.6 Å². The number of hydrogen-bond acceptors (Lipinski definition) is 3. The van der Waals surface area contributed by atoms with Gasteiger partial charge in [-0.25, -0.2) is 0 Å². The summed E-state index contributed by atoms with van der Waals surface area (Å²) in [6, 6.07) is 0. The van der Waals surface area contributed by atoms with E-state index < -0.39 is 16.1 Å². The van der Waals surface area contributed by atoms with Gasteiger partial charge in [0.25, 0.3) is 0 Å². The number of ether oxygens (including phenoxy) is 3. The summed E-state index contributed by atoms with van der Waals surface area (Å²) in [7, 11) is -2.42. The lowest BCUT2D eigenvalue weighted by molar-refractivity contribution is -0.141. The Morgan fingerprint density at radius 1 is 0.706 bits per heavy atom. The molecule has 0 amide bonds. The van der Waals surface area contributed by atoms with Crippen LogP contribution in [0.3, 0.4) is 0 Å². The van der Waals surface area contributed by atoms with Crippen molar-refractivity contribution in [3.05, 3.63) is 0 Å². The molecule has 0 saturated heterocycles. The van der Waals surface area contributed by atoms with Gasteiger partial charge in [-0.15, -0.1) is 0 Å². The normalized spacial score (nSPS) is 16.9. The molecule has 3 nitrogen and oxygen atoms in total. The Morgan fingerprint density at radius 3 is 1.24 bits per heavy atom. The van der Waals surface area contributed by atoms with Crippen LogP contribution in [-0.2, 0) is 14.2 Å².